The van der Waals surface area contributed by atoms with Crippen molar-refractivity contribution in [2.45, 2.75) is 13.5 Å². The summed E-state index contributed by atoms with van der Waals surface area (Å²) < 4.78 is 0. The van der Waals surface area contributed by atoms with Crippen molar-refractivity contribution in [3.8, 4) is 6.07 Å². The summed E-state index contributed by atoms with van der Waals surface area (Å²) in [4.78, 5) is 2.14. The van der Waals surface area contributed by atoms with Crippen LogP contribution in [-0.2, 0) is 6.54 Å². The van der Waals surface area contributed by atoms with Gasteiger partial charge in [-0.2, -0.15) is 5.26 Å². The van der Waals surface area contributed by atoms with Crippen molar-refractivity contribution in [1.29, 1.82) is 5.26 Å². The number of rotatable bonds is 1. The highest BCUT2D eigenvalue weighted by molar-refractivity contribution is 7.12. The summed E-state index contributed by atoms with van der Waals surface area (Å²) in [7, 11) is 0. The van der Waals surface area contributed by atoms with Crippen LogP contribution in [0.25, 0.3) is 0 Å². The summed E-state index contributed by atoms with van der Waals surface area (Å²) in [6.07, 6.45) is 0. The molecule has 4 heteroatoms. The number of nitrogens with two attached hydrogens (primary N) is 1. The van der Waals surface area contributed by atoms with Gasteiger partial charge in [0.15, 0.2) is 0 Å². The van der Waals surface area contributed by atoms with Crippen molar-refractivity contribution < 1.29 is 0 Å². The molecule has 0 unspecified atom stereocenters. The maximum atomic E-state index is 8.54. The van der Waals surface area contributed by atoms with Gasteiger partial charge in [0.25, 0.3) is 0 Å². The topological polar surface area (TPSA) is 49.8 Å². The molecule has 0 amide bonds. The SMILES string of the molecule is Cc1sc(CN)cc1C#N.Cl. The lowest BCUT2D eigenvalue weighted by molar-refractivity contribution is 1.11. The molecule has 60 valence electrons. The third-order valence-corrected chi connectivity index (χ3v) is 2.36. The monoisotopic (exact) mass is 188 g/mol. The van der Waals surface area contributed by atoms with Crippen LogP contribution in [0.2, 0.25) is 0 Å². The number of hydrogen-bond acceptors (Lipinski definition) is 3. The summed E-state index contributed by atoms with van der Waals surface area (Å²) in [5.41, 5.74) is 6.14. The van der Waals surface area contributed by atoms with E-state index in [2.05, 4.69) is 6.07 Å². The van der Waals surface area contributed by atoms with E-state index in [-0.39, 0.29) is 12.4 Å². The van der Waals surface area contributed by atoms with Gasteiger partial charge in [-0.3, -0.25) is 0 Å². The Morgan fingerprint density at radius 2 is 2.36 bits per heavy atom. The molecule has 0 atom stereocenters. The van der Waals surface area contributed by atoms with Crippen molar-refractivity contribution in [1.82, 2.24) is 0 Å². The van der Waals surface area contributed by atoms with Gasteiger partial charge in [-0.1, -0.05) is 0 Å². The average molecular weight is 189 g/mol. The first-order chi connectivity index (χ1) is 4.77. The van der Waals surface area contributed by atoms with Gasteiger partial charge in [0, 0.05) is 16.3 Å². The number of halogens is 1. The van der Waals surface area contributed by atoms with Crippen LogP contribution in [0.4, 0.5) is 0 Å². The third-order valence-electron chi connectivity index (χ3n) is 1.29. The van der Waals surface area contributed by atoms with E-state index in [0.717, 1.165) is 15.3 Å². The van der Waals surface area contributed by atoms with Crippen molar-refractivity contribution in [3.63, 3.8) is 0 Å². The van der Waals surface area contributed by atoms with Gasteiger partial charge >= 0.3 is 0 Å². The van der Waals surface area contributed by atoms with E-state index in [1.807, 2.05) is 13.0 Å². The first-order valence-corrected chi connectivity index (χ1v) is 3.79. The summed E-state index contributed by atoms with van der Waals surface area (Å²) in [6.45, 7) is 2.47. The van der Waals surface area contributed by atoms with E-state index < -0.39 is 0 Å². The maximum absolute atomic E-state index is 8.54. The van der Waals surface area contributed by atoms with Gasteiger partial charge in [0.1, 0.15) is 6.07 Å². The second-order valence-electron chi connectivity index (χ2n) is 2.00. The van der Waals surface area contributed by atoms with E-state index >= 15 is 0 Å². The smallest absolute Gasteiger partial charge is 0.100 e. The van der Waals surface area contributed by atoms with Gasteiger partial charge in [0.05, 0.1) is 5.56 Å². The number of thiophene rings is 1. The van der Waals surface area contributed by atoms with Crippen molar-refractivity contribution in [2.75, 3.05) is 0 Å². The van der Waals surface area contributed by atoms with Crippen LogP contribution in [0.15, 0.2) is 6.07 Å². The summed E-state index contributed by atoms with van der Waals surface area (Å²) in [5.74, 6) is 0. The summed E-state index contributed by atoms with van der Waals surface area (Å²) in [5, 5.41) is 8.54. The Balaban J connectivity index is 0.000001000. The molecule has 0 saturated heterocycles. The van der Waals surface area contributed by atoms with Crippen molar-refractivity contribution in [2.24, 2.45) is 5.73 Å². The highest BCUT2D eigenvalue weighted by Gasteiger charge is 2.01. The molecule has 1 aromatic heterocycles. The zero-order valence-corrected chi connectivity index (χ0v) is 7.76. The minimum atomic E-state index is 0. The lowest BCUT2D eigenvalue weighted by atomic mass is 10.3. The summed E-state index contributed by atoms with van der Waals surface area (Å²) in [6, 6.07) is 3.95. The summed E-state index contributed by atoms with van der Waals surface area (Å²) >= 11 is 1.59. The van der Waals surface area contributed by atoms with Gasteiger partial charge in [-0.15, -0.1) is 23.7 Å². The van der Waals surface area contributed by atoms with E-state index in [4.69, 9.17) is 11.0 Å². The first-order valence-electron chi connectivity index (χ1n) is 2.97. The molecule has 2 N–H and O–H groups in total. The molecule has 0 spiro atoms. The molecule has 0 aliphatic carbocycles. The molecular weight excluding hydrogens is 180 g/mol. The maximum Gasteiger partial charge on any atom is 0.100 e. The van der Waals surface area contributed by atoms with E-state index in [1.54, 1.807) is 11.3 Å². The van der Waals surface area contributed by atoms with Crippen LogP contribution < -0.4 is 5.73 Å². The normalized spacial score (nSPS) is 8.45. The van der Waals surface area contributed by atoms with Crippen LogP contribution >= 0.6 is 23.7 Å². The van der Waals surface area contributed by atoms with Crippen LogP contribution in [0, 0.1) is 18.3 Å². The molecule has 11 heavy (non-hydrogen) atoms. The van der Waals surface area contributed by atoms with Crippen LogP contribution in [0.3, 0.4) is 0 Å². The zero-order chi connectivity index (χ0) is 7.56. The molecule has 1 heterocycles. The minimum absolute atomic E-state index is 0. The Labute approximate surface area is 76.1 Å². The highest BCUT2D eigenvalue weighted by atomic mass is 35.5. The fourth-order valence-corrected chi connectivity index (χ4v) is 1.62. The molecular formula is C7H9ClN2S. The van der Waals surface area contributed by atoms with Crippen LogP contribution in [0.1, 0.15) is 15.3 Å². The van der Waals surface area contributed by atoms with Gasteiger partial charge in [-0.25, -0.2) is 0 Å². The number of hydrogen-bond donors (Lipinski definition) is 1. The van der Waals surface area contributed by atoms with Crippen LogP contribution in [0.5, 0.6) is 0 Å². The van der Waals surface area contributed by atoms with E-state index in [1.165, 1.54) is 0 Å². The second-order valence-corrected chi connectivity index (χ2v) is 3.34. The molecule has 0 fully saturated rings. The molecule has 0 aromatic carbocycles. The van der Waals surface area contributed by atoms with Crippen LogP contribution in [-0.4, -0.2) is 0 Å². The Morgan fingerprint density at radius 1 is 1.73 bits per heavy atom. The quantitative estimate of drug-likeness (QED) is 0.731. The highest BCUT2D eigenvalue weighted by Crippen LogP contribution is 2.19. The predicted octanol–water partition coefficient (Wildman–Crippen LogP) is 1.81. The lowest BCUT2D eigenvalue weighted by Gasteiger charge is -1.81. The number of nitrogens with zero attached hydrogens (tertiary/aromatic N) is 1. The van der Waals surface area contributed by atoms with E-state index in [0.29, 0.717) is 6.54 Å². The Kier molecular flexibility index (Phi) is 4.12. The minimum Gasteiger partial charge on any atom is -0.326 e. The second kappa shape index (κ2) is 4.35. The largest absolute Gasteiger partial charge is 0.326 e. The van der Waals surface area contributed by atoms with E-state index in [9.17, 15) is 0 Å². The Hall–Kier alpha value is -0.560. The van der Waals surface area contributed by atoms with Gasteiger partial charge < -0.3 is 5.73 Å². The number of nitriles is 1. The predicted molar refractivity (Wildman–Crippen MR) is 48.9 cm³/mol. The van der Waals surface area contributed by atoms with Gasteiger partial charge in [-0.05, 0) is 13.0 Å². The average Bonchev–Trinajstić information content (AvgIpc) is 2.30. The first kappa shape index (κ1) is 10.4. The number of aryl methyl sites for hydroxylation is 1. The van der Waals surface area contributed by atoms with Gasteiger partial charge in [0.2, 0.25) is 0 Å². The molecule has 0 aliphatic rings. The third kappa shape index (κ3) is 2.19. The Morgan fingerprint density at radius 3 is 2.64 bits per heavy atom. The molecule has 1 rings (SSSR count). The molecule has 1 aromatic rings. The fourth-order valence-electron chi connectivity index (χ4n) is 0.755. The molecule has 0 radical (unpaired) electrons. The molecule has 2 nitrogen and oxygen atoms in total. The molecule has 0 aliphatic heterocycles. The lowest BCUT2D eigenvalue weighted by Crippen LogP contribution is -1.91. The zero-order valence-electron chi connectivity index (χ0n) is 6.13. The standard InChI is InChI=1S/C7H8N2S.ClH/c1-5-6(3-8)2-7(4-9)10-5;/h2H,4,9H2,1H3;1H. The fraction of sp³-hybridized carbons (Fsp3) is 0.286. The van der Waals surface area contributed by atoms with Crippen molar-refractivity contribution >= 4 is 23.7 Å². The van der Waals surface area contributed by atoms with Crippen molar-refractivity contribution in [3.05, 3.63) is 21.4 Å². The Bertz CT molecular complexity index is 274. The molecule has 0 bridgehead atoms. The molecule has 0 saturated carbocycles.